The van der Waals surface area contributed by atoms with Crippen molar-refractivity contribution in [3.05, 3.63) is 22.7 Å². The van der Waals surface area contributed by atoms with E-state index in [2.05, 4.69) is 20.9 Å². The number of anilines is 1. The lowest BCUT2D eigenvalue weighted by atomic mass is 10.4. The summed E-state index contributed by atoms with van der Waals surface area (Å²) in [5, 5.41) is 0. The number of nitrogens with zero attached hydrogens (tertiary/aromatic N) is 1. The Labute approximate surface area is 60.0 Å². The molecule has 0 spiro atoms. The topological polar surface area (TPSA) is 38.9 Å². The van der Waals surface area contributed by atoms with Gasteiger partial charge in [-0.05, 0) is 22.0 Å². The van der Waals surface area contributed by atoms with Crippen molar-refractivity contribution in [2.45, 2.75) is 0 Å². The Bertz CT molecular complexity index is 206. The lowest BCUT2D eigenvalue weighted by Crippen LogP contribution is -1.90. The average Bonchev–Trinajstić information content (AvgIpc) is 1.83. The molecule has 0 radical (unpaired) electrons. The molecular weight excluding hydrogens is 187 g/mol. The quantitative estimate of drug-likeness (QED) is 0.632. The van der Waals surface area contributed by atoms with E-state index in [0.717, 1.165) is 0 Å². The van der Waals surface area contributed by atoms with Crippen molar-refractivity contribution in [2.75, 3.05) is 5.73 Å². The third-order valence-electron chi connectivity index (χ3n) is 0.877. The smallest absolute Gasteiger partial charge is 0.229 e. The summed E-state index contributed by atoms with van der Waals surface area (Å²) in [7, 11) is 0. The minimum Gasteiger partial charge on any atom is -0.398 e. The van der Waals surface area contributed by atoms with Crippen molar-refractivity contribution in [1.82, 2.24) is 4.98 Å². The van der Waals surface area contributed by atoms with Crippen LogP contribution in [0.25, 0.3) is 0 Å². The molecular formula is C5H4BrFN2. The summed E-state index contributed by atoms with van der Waals surface area (Å²) in [6.45, 7) is 0. The van der Waals surface area contributed by atoms with Gasteiger partial charge in [0.25, 0.3) is 0 Å². The van der Waals surface area contributed by atoms with E-state index in [9.17, 15) is 4.39 Å². The second kappa shape index (κ2) is 2.31. The van der Waals surface area contributed by atoms with Crippen LogP contribution in [0, 0.1) is 5.95 Å². The predicted octanol–water partition coefficient (Wildman–Crippen LogP) is 1.57. The maximum absolute atomic E-state index is 12.3. The van der Waals surface area contributed by atoms with E-state index in [1.807, 2.05) is 0 Å². The average molecular weight is 191 g/mol. The molecule has 0 bridgehead atoms. The first-order chi connectivity index (χ1) is 4.22. The van der Waals surface area contributed by atoms with Crippen molar-refractivity contribution in [3.8, 4) is 0 Å². The van der Waals surface area contributed by atoms with Crippen LogP contribution in [0.5, 0.6) is 0 Å². The van der Waals surface area contributed by atoms with E-state index in [1.165, 1.54) is 12.3 Å². The van der Waals surface area contributed by atoms with Gasteiger partial charge in [-0.3, -0.25) is 0 Å². The maximum atomic E-state index is 12.3. The maximum Gasteiger partial charge on any atom is 0.229 e. The predicted molar refractivity (Wildman–Crippen MR) is 36.3 cm³/mol. The largest absolute Gasteiger partial charge is 0.398 e. The molecule has 4 heteroatoms. The highest BCUT2D eigenvalue weighted by Gasteiger charge is 2.00. The number of pyridine rings is 1. The van der Waals surface area contributed by atoms with Crippen LogP contribution in [0.1, 0.15) is 0 Å². The van der Waals surface area contributed by atoms with Gasteiger partial charge in [-0.15, -0.1) is 0 Å². The monoisotopic (exact) mass is 190 g/mol. The lowest BCUT2D eigenvalue weighted by Gasteiger charge is -1.94. The summed E-state index contributed by atoms with van der Waals surface area (Å²) >= 11 is 2.92. The standard InChI is InChI=1S/C5H4BrFN2/c6-4-3(8)1-2-9-5(4)7/h1-2H,(H2,8,9). The Hall–Kier alpha value is -0.640. The third-order valence-corrected chi connectivity index (χ3v) is 1.66. The van der Waals surface area contributed by atoms with Gasteiger partial charge in [0, 0.05) is 6.20 Å². The molecule has 0 saturated heterocycles. The van der Waals surface area contributed by atoms with Gasteiger partial charge < -0.3 is 5.73 Å². The molecule has 0 aliphatic heterocycles. The molecule has 9 heavy (non-hydrogen) atoms. The first-order valence-corrected chi connectivity index (χ1v) is 3.06. The van der Waals surface area contributed by atoms with Gasteiger partial charge in [0.2, 0.25) is 5.95 Å². The molecule has 1 aromatic heterocycles. The zero-order valence-electron chi connectivity index (χ0n) is 4.44. The summed E-state index contributed by atoms with van der Waals surface area (Å²) in [6, 6.07) is 1.52. The summed E-state index contributed by atoms with van der Waals surface area (Å²) in [5.74, 6) is -0.574. The summed E-state index contributed by atoms with van der Waals surface area (Å²) in [4.78, 5) is 3.35. The Kier molecular flexibility index (Phi) is 1.66. The lowest BCUT2D eigenvalue weighted by molar-refractivity contribution is 0.578. The Balaban J connectivity index is 3.25. The zero-order valence-corrected chi connectivity index (χ0v) is 6.02. The Morgan fingerprint density at radius 3 is 2.78 bits per heavy atom. The van der Waals surface area contributed by atoms with Crippen LogP contribution in [-0.2, 0) is 0 Å². The minimum absolute atomic E-state index is 0.227. The van der Waals surface area contributed by atoms with Crippen LogP contribution in [0.3, 0.4) is 0 Å². The first kappa shape index (κ1) is 6.48. The van der Waals surface area contributed by atoms with E-state index in [0.29, 0.717) is 5.69 Å². The zero-order chi connectivity index (χ0) is 6.85. The van der Waals surface area contributed by atoms with Gasteiger partial charge in [-0.2, -0.15) is 4.39 Å². The molecule has 0 aromatic carbocycles. The van der Waals surface area contributed by atoms with E-state index in [-0.39, 0.29) is 4.47 Å². The van der Waals surface area contributed by atoms with Gasteiger partial charge in [-0.1, -0.05) is 0 Å². The molecule has 0 aliphatic rings. The fraction of sp³-hybridized carbons (Fsp3) is 0. The molecule has 48 valence electrons. The van der Waals surface area contributed by atoms with Gasteiger partial charge in [0.1, 0.15) is 0 Å². The van der Waals surface area contributed by atoms with E-state index >= 15 is 0 Å². The van der Waals surface area contributed by atoms with E-state index in [1.54, 1.807) is 0 Å². The van der Waals surface area contributed by atoms with Crippen LogP contribution >= 0.6 is 15.9 Å². The molecule has 2 N–H and O–H groups in total. The number of rotatable bonds is 0. The van der Waals surface area contributed by atoms with Gasteiger partial charge in [-0.25, -0.2) is 4.98 Å². The first-order valence-electron chi connectivity index (χ1n) is 2.27. The molecule has 2 nitrogen and oxygen atoms in total. The molecule has 0 fully saturated rings. The summed E-state index contributed by atoms with van der Waals surface area (Å²) in [5.41, 5.74) is 5.66. The van der Waals surface area contributed by atoms with Crippen molar-refractivity contribution < 1.29 is 4.39 Å². The minimum atomic E-state index is -0.574. The second-order valence-corrected chi connectivity index (χ2v) is 2.30. The number of aromatic nitrogens is 1. The van der Waals surface area contributed by atoms with Crippen LogP contribution in [-0.4, -0.2) is 4.98 Å². The van der Waals surface area contributed by atoms with Crippen molar-refractivity contribution in [1.29, 1.82) is 0 Å². The molecule has 0 saturated carbocycles. The number of hydrogen-bond donors (Lipinski definition) is 1. The van der Waals surface area contributed by atoms with Crippen LogP contribution in [0.15, 0.2) is 16.7 Å². The van der Waals surface area contributed by atoms with Gasteiger partial charge >= 0.3 is 0 Å². The third kappa shape index (κ3) is 1.18. The van der Waals surface area contributed by atoms with E-state index < -0.39 is 5.95 Å². The molecule has 0 aliphatic carbocycles. The van der Waals surface area contributed by atoms with Crippen molar-refractivity contribution >= 4 is 21.6 Å². The van der Waals surface area contributed by atoms with E-state index in [4.69, 9.17) is 5.73 Å². The Morgan fingerprint density at radius 2 is 2.33 bits per heavy atom. The highest BCUT2D eigenvalue weighted by molar-refractivity contribution is 9.10. The number of nitrogen functional groups attached to an aromatic ring is 1. The van der Waals surface area contributed by atoms with Crippen molar-refractivity contribution in [2.24, 2.45) is 0 Å². The number of hydrogen-bond acceptors (Lipinski definition) is 2. The van der Waals surface area contributed by atoms with Crippen molar-refractivity contribution in [3.63, 3.8) is 0 Å². The Morgan fingerprint density at radius 1 is 1.67 bits per heavy atom. The highest BCUT2D eigenvalue weighted by Crippen LogP contribution is 2.19. The molecule has 0 atom stereocenters. The van der Waals surface area contributed by atoms with Crippen LogP contribution in [0.2, 0.25) is 0 Å². The van der Waals surface area contributed by atoms with Gasteiger partial charge in [0.05, 0.1) is 10.2 Å². The highest BCUT2D eigenvalue weighted by atomic mass is 79.9. The molecule has 0 unspecified atom stereocenters. The van der Waals surface area contributed by atoms with Gasteiger partial charge in [0.15, 0.2) is 0 Å². The second-order valence-electron chi connectivity index (χ2n) is 1.50. The fourth-order valence-electron chi connectivity index (χ4n) is 0.432. The SMILES string of the molecule is Nc1ccnc(F)c1Br. The molecule has 1 heterocycles. The molecule has 1 aromatic rings. The van der Waals surface area contributed by atoms with Crippen LogP contribution in [0.4, 0.5) is 10.1 Å². The number of nitrogens with two attached hydrogens (primary N) is 1. The summed E-state index contributed by atoms with van der Waals surface area (Å²) < 4.78 is 12.6. The van der Waals surface area contributed by atoms with Crippen LogP contribution < -0.4 is 5.73 Å². The normalized spacial score (nSPS) is 9.56. The molecule has 1 rings (SSSR count). The molecule has 0 amide bonds. The summed E-state index contributed by atoms with van der Waals surface area (Å²) in [6.07, 6.45) is 1.31. The number of halogens is 2. The fourth-order valence-corrected chi connectivity index (χ4v) is 0.666.